The zero-order valence-electron chi connectivity index (χ0n) is 11.0. The number of rotatable bonds is 8. The lowest BCUT2D eigenvalue weighted by Gasteiger charge is -2.33. The van der Waals surface area contributed by atoms with Gasteiger partial charge in [-0.3, -0.25) is 0 Å². The maximum Gasteiger partial charge on any atom is 0.0623 e. The van der Waals surface area contributed by atoms with Crippen molar-refractivity contribution >= 4 is 0 Å². The van der Waals surface area contributed by atoms with Gasteiger partial charge in [-0.2, -0.15) is 0 Å². The molecule has 0 saturated carbocycles. The molecule has 0 rings (SSSR count). The van der Waals surface area contributed by atoms with E-state index >= 15 is 0 Å². The molecule has 1 unspecified atom stereocenters. The van der Waals surface area contributed by atoms with E-state index in [1.807, 2.05) is 0 Å². The Morgan fingerprint density at radius 1 is 1.40 bits per heavy atom. The average molecular weight is 216 g/mol. The Kier molecular flexibility index (Phi) is 7.14. The first kappa shape index (κ1) is 14.9. The number of hydrogen-bond donors (Lipinski definition) is 2. The maximum absolute atomic E-state index is 9.35. The van der Waals surface area contributed by atoms with Crippen LogP contribution in [0.15, 0.2) is 0 Å². The first-order valence-corrected chi connectivity index (χ1v) is 5.98. The lowest BCUT2D eigenvalue weighted by Crippen LogP contribution is -2.53. The zero-order chi connectivity index (χ0) is 11.9. The third kappa shape index (κ3) is 6.88. The molecule has 92 valence electrons. The molecule has 3 heteroatoms. The highest BCUT2D eigenvalue weighted by Crippen LogP contribution is 2.07. The van der Waals surface area contributed by atoms with E-state index in [-0.39, 0.29) is 12.1 Å². The average Bonchev–Trinajstić information content (AvgIpc) is 2.15. The summed E-state index contributed by atoms with van der Waals surface area (Å²) >= 11 is 0. The van der Waals surface area contributed by atoms with E-state index in [0.29, 0.717) is 0 Å². The molecule has 0 aromatic heterocycles. The third-order valence-electron chi connectivity index (χ3n) is 2.66. The molecule has 0 aromatic carbocycles. The SMILES string of the molecule is CCNC(C)(CO)CN(C)CCC(C)C. The van der Waals surface area contributed by atoms with Gasteiger partial charge in [-0.1, -0.05) is 20.8 Å². The van der Waals surface area contributed by atoms with Gasteiger partial charge < -0.3 is 15.3 Å². The van der Waals surface area contributed by atoms with Gasteiger partial charge in [0, 0.05) is 6.54 Å². The van der Waals surface area contributed by atoms with Crippen LogP contribution < -0.4 is 5.32 Å². The second kappa shape index (κ2) is 7.20. The van der Waals surface area contributed by atoms with Gasteiger partial charge in [0.25, 0.3) is 0 Å². The summed E-state index contributed by atoms with van der Waals surface area (Å²) in [6.45, 7) is 11.7. The molecule has 2 N–H and O–H groups in total. The van der Waals surface area contributed by atoms with Crippen molar-refractivity contribution in [3.8, 4) is 0 Å². The first-order valence-electron chi connectivity index (χ1n) is 5.98. The molecular formula is C12H28N2O. The molecule has 0 radical (unpaired) electrons. The molecule has 0 saturated heterocycles. The molecule has 0 bridgehead atoms. The molecule has 1 atom stereocenters. The number of likely N-dealkylation sites (N-methyl/N-ethyl adjacent to an activating group) is 2. The first-order chi connectivity index (χ1) is 6.93. The quantitative estimate of drug-likeness (QED) is 0.642. The predicted molar refractivity (Wildman–Crippen MR) is 66.1 cm³/mol. The number of nitrogens with one attached hydrogen (secondary N) is 1. The minimum atomic E-state index is -0.166. The van der Waals surface area contributed by atoms with Crippen molar-refractivity contribution in [3.05, 3.63) is 0 Å². The van der Waals surface area contributed by atoms with E-state index in [1.165, 1.54) is 6.42 Å². The predicted octanol–water partition coefficient (Wildman–Crippen LogP) is 1.32. The maximum atomic E-state index is 9.35. The summed E-state index contributed by atoms with van der Waals surface area (Å²) < 4.78 is 0. The van der Waals surface area contributed by atoms with E-state index in [1.54, 1.807) is 0 Å². The van der Waals surface area contributed by atoms with Crippen LogP contribution >= 0.6 is 0 Å². The summed E-state index contributed by atoms with van der Waals surface area (Å²) in [6, 6.07) is 0. The Hall–Kier alpha value is -0.120. The lowest BCUT2D eigenvalue weighted by atomic mass is 10.0. The standard InChI is InChI=1S/C12H28N2O/c1-6-13-12(4,10-15)9-14(5)8-7-11(2)3/h11,13,15H,6-10H2,1-5H3. The third-order valence-corrected chi connectivity index (χ3v) is 2.66. The fourth-order valence-electron chi connectivity index (χ4n) is 1.74. The van der Waals surface area contributed by atoms with Crippen molar-refractivity contribution < 1.29 is 5.11 Å². The summed E-state index contributed by atoms with van der Waals surface area (Å²) in [5, 5.41) is 12.7. The van der Waals surface area contributed by atoms with E-state index in [0.717, 1.165) is 25.6 Å². The highest BCUT2D eigenvalue weighted by Gasteiger charge is 2.23. The Bertz CT molecular complexity index is 162. The molecule has 0 fully saturated rings. The second-order valence-electron chi connectivity index (χ2n) is 5.17. The summed E-state index contributed by atoms with van der Waals surface area (Å²) in [7, 11) is 2.12. The van der Waals surface area contributed by atoms with Crippen molar-refractivity contribution in [1.82, 2.24) is 10.2 Å². The van der Waals surface area contributed by atoms with Crippen molar-refractivity contribution in [2.24, 2.45) is 5.92 Å². The molecule has 15 heavy (non-hydrogen) atoms. The van der Waals surface area contributed by atoms with E-state index in [4.69, 9.17) is 0 Å². The highest BCUT2D eigenvalue weighted by molar-refractivity contribution is 4.84. The van der Waals surface area contributed by atoms with Crippen molar-refractivity contribution in [1.29, 1.82) is 0 Å². The fraction of sp³-hybridized carbons (Fsp3) is 1.00. The molecule has 0 spiro atoms. The monoisotopic (exact) mass is 216 g/mol. The van der Waals surface area contributed by atoms with Gasteiger partial charge in [-0.25, -0.2) is 0 Å². The Morgan fingerprint density at radius 3 is 2.40 bits per heavy atom. The number of hydrogen-bond acceptors (Lipinski definition) is 3. The van der Waals surface area contributed by atoms with Crippen LogP contribution in [0, 0.1) is 5.92 Å². The smallest absolute Gasteiger partial charge is 0.0623 e. The summed E-state index contributed by atoms with van der Waals surface area (Å²) in [5.41, 5.74) is -0.166. The molecule has 0 aromatic rings. The molecular weight excluding hydrogens is 188 g/mol. The van der Waals surface area contributed by atoms with Crippen LogP contribution in [0.4, 0.5) is 0 Å². The fourth-order valence-corrected chi connectivity index (χ4v) is 1.74. The van der Waals surface area contributed by atoms with Crippen molar-refractivity contribution in [2.45, 2.75) is 39.7 Å². The van der Waals surface area contributed by atoms with Crippen LogP contribution in [-0.2, 0) is 0 Å². The Balaban J connectivity index is 3.94. The van der Waals surface area contributed by atoms with Crippen LogP contribution in [-0.4, -0.2) is 48.8 Å². The molecule has 0 aliphatic rings. The topological polar surface area (TPSA) is 35.5 Å². The normalized spacial score (nSPS) is 16.0. The molecule has 3 nitrogen and oxygen atoms in total. The van der Waals surface area contributed by atoms with Gasteiger partial charge in [-0.15, -0.1) is 0 Å². The van der Waals surface area contributed by atoms with Crippen LogP contribution in [0.25, 0.3) is 0 Å². The largest absolute Gasteiger partial charge is 0.394 e. The van der Waals surface area contributed by atoms with Crippen molar-refractivity contribution in [2.75, 3.05) is 33.3 Å². The summed E-state index contributed by atoms with van der Waals surface area (Å²) in [6.07, 6.45) is 1.21. The van der Waals surface area contributed by atoms with E-state index < -0.39 is 0 Å². The summed E-state index contributed by atoms with van der Waals surface area (Å²) in [4.78, 5) is 2.29. The molecule has 0 aliphatic carbocycles. The highest BCUT2D eigenvalue weighted by atomic mass is 16.3. The summed E-state index contributed by atoms with van der Waals surface area (Å²) in [5.74, 6) is 0.743. The van der Waals surface area contributed by atoms with Gasteiger partial charge in [-0.05, 0) is 39.4 Å². The van der Waals surface area contributed by atoms with Crippen molar-refractivity contribution in [3.63, 3.8) is 0 Å². The van der Waals surface area contributed by atoms with Gasteiger partial charge >= 0.3 is 0 Å². The van der Waals surface area contributed by atoms with Crippen LogP contribution in [0.5, 0.6) is 0 Å². The van der Waals surface area contributed by atoms with Crippen LogP contribution in [0.3, 0.4) is 0 Å². The van der Waals surface area contributed by atoms with Crippen LogP contribution in [0.2, 0.25) is 0 Å². The minimum Gasteiger partial charge on any atom is -0.394 e. The number of aliphatic hydroxyl groups excluding tert-OH is 1. The molecule has 0 amide bonds. The van der Waals surface area contributed by atoms with Gasteiger partial charge in [0.15, 0.2) is 0 Å². The number of aliphatic hydroxyl groups is 1. The van der Waals surface area contributed by atoms with Crippen LogP contribution in [0.1, 0.15) is 34.1 Å². The zero-order valence-corrected chi connectivity index (χ0v) is 11.0. The second-order valence-corrected chi connectivity index (χ2v) is 5.17. The van der Waals surface area contributed by atoms with Gasteiger partial charge in [0.05, 0.1) is 12.1 Å². The molecule has 0 heterocycles. The lowest BCUT2D eigenvalue weighted by molar-refractivity contribution is 0.131. The minimum absolute atomic E-state index is 0.166. The van der Waals surface area contributed by atoms with Gasteiger partial charge in [0.2, 0.25) is 0 Å². The number of nitrogens with zero attached hydrogens (tertiary/aromatic N) is 1. The van der Waals surface area contributed by atoms with E-state index in [9.17, 15) is 5.11 Å². The molecule has 0 aliphatic heterocycles. The Morgan fingerprint density at radius 2 is 2.00 bits per heavy atom. The van der Waals surface area contributed by atoms with Gasteiger partial charge in [0.1, 0.15) is 0 Å². The Labute approximate surface area is 94.9 Å². The van der Waals surface area contributed by atoms with E-state index in [2.05, 4.69) is 45.0 Å².